The summed E-state index contributed by atoms with van der Waals surface area (Å²) in [4.78, 5) is 0. The smallest absolute Gasteiger partial charge is 0.123 e. The van der Waals surface area contributed by atoms with Gasteiger partial charge in [0.25, 0.3) is 0 Å². The standard InChI is InChI=1S/C15H25NO/c1-6-11(2)14-9-7-8-10-15(14)17-13(4)12(3)16-5/h7-13,16H,6H2,1-5H3. The summed E-state index contributed by atoms with van der Waals surface area (Å²) >= 11 is 0. The van der Waals surface area contributed by atoms with E-state index in [9.17, 15) is 0 Å². The molecule has 3 unspecified atom stereocenters. The van der Waals surface area contributed by atoms with E-state index in [0.29, 0.717) is 12.0 Å². The van der Waals surface area contributed by atoms with Crippen LogP contribution in [-0.2, 0) is 0 Å². The van der Waals surface area contributed by atoms with Crippen molar-refractivity contribution in [2.45, 2.75) is 52.2 Å². The molecular weight excluding hydrogens is 210 g/mol. The van der Waals surface area contributed by atoms with E-state index in [4.69, 9.17) is 4.74 Å². The third-order valence-electron chi connectivity index (χ3n) is 3.53. The Kier molecular flexibility index (Phi) is 5.49. The van der Waals surface area contributed by atoms with Crippen LogP contribution in [0.3, 0.4) is 0 Å². The Labute approximate surface area is 105 Å². The van der Waals surface area contributed by atoms with E-state index in [-0.39, 0.29) is 6.10 Å². The predicted octanol–water partition coefficient (Wildman–Crippen LogP) is 3.58. The lowest BCUT2D eigenvalue weighted by atomic mass is 9.98. The molecule has 2 nitrogen and oxygen atoms in total. The van der Waals surface area contributed by atoms with Crippen LogP contribution in [-0.4, -0.2) is 19.2 Å². The zero-order valence-corrected chi connectivity index (χ0v) is 11.7. The Hall–Kier alpha value is -1.02. The highest BCUT2D eigenvalue weighted by atomic mass is 16.5. The van der Waals surface area contributed by atoms with Crippen LogP contribution in [0.2, 0.25) is 0 Å². The Morgan fingerprint density at radius 3 is 2.41 bits per heavy atom. The average molecular weight is 235 g/mol. The molecule has 17 heavy (non-hydrogen) atoms. The molecule has 0 aliphatic rings. The summed E-state index contributed by atoms with van der Waals surface area (Å²) in [5.74, 6) is 1.57. The summed E-state index contributed by atoms with van der Waals surface area (Å²) in [6.07, 6.45) is 1.31. The van der Waals surface area contributed by atoms with Crippen molar-refractivity contribution in [3.8, 4) is 5.75 Å². The Morgan fingerprint density at radius 1 is 1.18 bits per heavy atom. The molecule has 1 N–H and O–H groups in total. The lowest BCUT2D eigenvalue weighted by molar-refractivity contribution is 0.180. The first-order valence-electron chi connectivity index (χ1n) is 6.53. The molecule has 0 heterocycles. The van der Waals surface area contributed by atoms with Crippen LogP contribution in [0.25, 0.3) is 0 Å². The van der Waals surface area contributed by atoms with Gasteiger partial charge >= 0.3 is 0 Å². The Morgan fingerprint density at radius 2 is 1.82 bits per heavy atom. The number of likely N-dealkylation sites (N-methyl/N-ethyl adjacent to an activating group) is 1. The van der Waals surface area contributed by atoms with Crippen LogP contribution >= 0.6 is 0 Å². The minimum absolute atomic E-state index is 0.171. The summed E-state index contributed by atoms with van der Waals surface area (Å²) in [6, 6.07) is 8.71. The van der Waals surface area contributed by atoms with Gasteiger partial charge in [-0.25, -0.2) is 0 Å². The number of nitrogens with one attached hydrogen (secondary N) is 1. The Balaban J connectivity index is 2.83. The molecule has 2 heteroatoms. The summed E-state index contributed by atoms with van der Waals surface area (Å²) in [5.41, 5.74) is 1.31. The van der Waals surface area contributed by atoms with Gasteiger partial charge in [0.15, 0.2) is 0 Å². The lowest BCUT2D eigenvalue weighted by Gasteiger charge is -2.24. The fourth-order valence-corrected chi connectivity index (χ4v) is 1.75. The number of hydrogen-bond donors (Lipinski definition) is 1. The van der Waals surface area contributed by atoms with Crippen molar-refractivity contribution < 1.29 is 4.74 Å². The topological polar surface area (TPSA) is 21.3 Å². The maximum Gasteiger partial charge on any atom is 0.123 e. The van der Waals surface area contributed by atoms with Crippen LogP contribution in [0.15, 0.2) is 24.3 Å². The van der Waals surface area contributed by atoms with Gasteiger partial charge in [0.05, 0.1) is 0 Å². The third-order valence-corrected chi connectivity index (χ3v) is 3.53. The molecule has 0 fully saturated rings. The zero-order valence-electron chi connectivity index (χ0n) is 11.7. The number of hydrogen-bond acceptors (Lipinski definition) is 2. The lowest BCUT2D eigenvalue weighted by Crippen LogP contribution is -2.36. The van der Waals surface area contributed by atoms with Gasteiger partial charge in [0.1, 0.15) is 11.9 Å². The first-order valence-corrected chi connectivity index (χ1v) is 6.53. The average Bonchev–Trinajstić information content (AvgIpc) is 2.37. The normalized spacial score (nSPS) is 16.3. The third kappa shape index (κ3) is 3.74. The first kappa shape index (κ1) is 14.0. The second-order valence-electron chi connectivity index (χ2n) is 4.75. The molecule has 0 spiro atoms. The first-order chi connectivity index (χ1) is 8.10. The minimum atomic E-state index is 0.171. The number of ether oxygens (including phenoxy) is 1. The van der Waals surface area contributed by atoms with Crippen molar-refractivity contribution in [2.75, 3.05) is 7.05 Å². The summed E-state index contributed by atoms with van der Waals surface area (Å²) in [5, 5.41) is 3.22. The van der Waals surface area contributed by atoms with Gasteiger partial charge in [0, 0.05) is 6.04 Å². The molecule has 3 atom stereocenters. The molecule has 1 aromatic rings. The minimum Gasteiger partial charge on any atom is -0.489 e. The van der Waals surface area contributed by atoms with E-state index < -0.39 is 0 Å². The van der Waals surface area contributed by atoms with Crippen LogP contribution in [0.1, 0.15) is 45.6 Å². The quantitative estimate of drug-likeness (QED) is 0.814. The number of para-hydroxylation sites is 1. The number of benzene rings is 1. The van der Waals surface area contributed by atoms with Crippen LogP contribution in [0, 0.1) is 0 Å². The van der Waals surface area contributed by atoms with Gasteiger partial charge in [-0.05, 0) is 44.9 Å². The van der Waals surface area contributed by atoms with Gasteiger partial charge in [-0.3, -0.25) is 0 Å². The molecule has 0 saturated heterocycles. The summed E-state index contributed by atoms with van der Waals surface area (Å²) in [6.45, 7) is 8.69. The van der Waals surface area contributed by atoms with E-state index in [1.54, 1.807) is 0 Å². The molecule has 0 radical (unpaired) electrons. The summed E-state index contributed by atoms with van der Waals surface area (Å²) in [7, 11) is 1.96. The molecule has 96 valence electrons. The van der Waals surface area contributed by atoms with Gasteiger partial charge in [-0.15, -0.1) is 0 Å². The van der Waals surface area contributed by atoms with Gasteiger partial charge in [0.2, 0.25) is 0 Å². The van der Waals surface area contributed by atoms with Gasteiger partial charge in [-0.2, -0.15) is 0 Å². The fraction of sp³-hybridized carbons (Fsp3) is 0.600. The van der Waals surface area contributed by atoms with Gasteiger partial charge < -0.3 is 10.1 Å². The fourth-order valence-electron chi connectivity index (χ4n) is 1.75. The van der Waals surface area contributed by atoms with Crippen LogP contribution in [0.4, 0.5) is 0 Å². The highest BCUT2D eigenvalue weighted by molar-refractivity contribution is 5.36. The van der Waals surface area contributed by atoms with Crippen molar-refractivity contribution in [1.82, 2.24) is 5.32 Å². The van der Waals surface area contributed by atoms with Crippen molar-refractivity contribution in [3.63, 3.8) is 0 Å². The highest BCUT2D eigenvalue weighted by Crippen LogP contribution is 2.29. The molecule has 0 aliphatic heterocycles. The molecule has 0 aromatic heterocycles. The molecule has 0 aliphatic carbocycles. The Bertz CT molecular complexity index is 337. The van der Waals surface area contributed by atoms with E-state index in [1.165, 1.54) is 5.56 Å². The molecule has 0 saturated carbocycles. The molecular formula is C15H25NO. The maximum absolute atomic E-state index is 6.06. The van der Waals surface area contributed by atoms with Crippen molar-refractivity contribution in [3.05, 3.63) is 29.8 Å². The van der Waals surface area contributed by atoms with Crippen molar-refractivity contribution in [1.29, 1.82) is 0 Å². The number of rotatable bonds is 6. The van der Waals surface area contributed by atoms with Crippen LogP contribution < -0.4 is 10.1 Å². The van der Waals surface area contributed by atoms with Crippen molar-refractivity contribution in [2.24, 2.45) is 0 Å². The van der Waals surface area contributed by atoms with E-state index in [1.807, 2.05) is 13.1 Å². The molecule has 1 aromatic carbocycles. The predicted molar refractivity (Wildman–Crippen MR) is 73.8 cm³/mol. The van der Waals surface area contributed by atoms with Gasteiger partial charge in [-0.1, -0.05) is 32.0 Å². The molecule has 1 rings (SSSR count). The van der Waals surface area contributed by atoms with Crippen molar-refractivity contribution >= 4 is 0 Å². The maximum atomic E-state index is 6.06. The van der Waals surface area contributed by atoms with E-state index >= 15 is 0 Å². The van der Waals surface area contributed by atoms with E-state index in [0.717, 1.165) is 12.2 Å². The second kappa shape index (κ2) is 6.65. The SMILES string of the molecule is CCC(C)c1ccccc1OC(C)C(C)NC. The van der Waals surface area contributed by atoms with E-state index in [2.05, 4.69) is 51.2 Å². The second-order valence-corrected chi connectivity index (χ2v) is 4.75. The van der Waals surface area contributed by atoms with Crippen LogP contribution in [0.5, 0.6) is 5.75 Å². The zero-order chi connectivity index (χ0) is 12.8. The molecule has 0 amide bonds. The largest absolute Gasteiger partial charge is 0.489 e. The molecule has 0 bridgehead atoms. The summed E-state index contributed by atoms with van der Waals surface area (Å²) < 4.78 is 6.06. The highest BCUT2D eigenvalue weighted by Gasteiger charge is 2.15. The monoisotopic (exact) mass is 235 g/mol.